The van der Waals surface area contributed by atoms with Crippen LogP contribution in [0.1, 0.15) is 25.8 Å². The molecule has 7 heteroatoms. The molecule has 2 aliphatic heterocycles. The number of carbonyl (C=O) groups is 3. The van der Waals surface area contributed by atoms with Crippen molar-refractivity contribution in [3.8, 4) is 0 Å². The molecule has 1 unspecified atom stereocenters. The van der Waals surface area contributed by atoms with Crippen LogP contribution in [0.5, 0.6) is 0 Å². The second-order valence-corrected chi connectivity index (χ2v) is 7.15. The Morgan fingerprint density at radius 1 is 1.14 bits per heavy atom. The Morgan fingerprint density at radius 3 is 2.36 bits per heavy atom. The molecule has 1 saturated heterocycles. The Kier molecular flexibility index (Phi) is 3.28. The largest absolute Gasteiger partial charge is 0.422 e. The van der Waals surface area contributed by atoms with Gasteiger partial charge in [0.1, 0.15) is 4.32 Å². The number of nitrogens with one attached hydrogen (secondary N) is 1. The number of halogens is 1. The summed E-state index contributed by atoms with van der Waals surface area (Å²) in [4.78, 5) is 36.5. The summed E-state index contributed by atoms with van der Waals surface area (Å²) < 4.78 is 9.04. The number of esters is 2. The van der Waals surface area contributed by atoms with Crippen molar-refractivity contribution in [1.29, 1.82) is 0 Å². The fourth-order valence-electron chi connectivity index (χ4n) is 2.68. The van der Waals surface area contributed by atoms with Gasteiger partial charge in [-0.15, -0.1) is 0 Å². The number of hydrogen-bond acceptors (Lipinski definition) is 5. The highest BCUT2D eigenvalue weighted by atomic mass is 79.9. The zero-order valence-electron chi connectivity index (χ0n) is 12.0. The lowest BCUT2D eigenvalue weighted by molar-refractivity contribution is -0.240. The van der Waals surface area contributed by atoms with Crippen LogP contribution in [-0.2, 0) is 28.2 Å². The van der Waals surface area contributed by atoms with Gasteiger partial charge in [0.2, 0.25) is 5.91 Å². The molecule has 116 valence electrons. The summed E-state index contributed by atoms with van der Waals surface area (Å²) in [5.74, 6) is -4.11. The average Bonchev–Trinajstić information content (AvgIpc) is 2.66. The van der Waals surface area contributed by atoms with E-state index in [0.29, 0.717) is 11.3 Å². The van der Waals surface area contributed by atoms with E-state index in [2.05, 4.69) is 21.2 Å². The van der Waals surface area contributed by atoms with Gasteiger partial charge in [-0.3, -0.25) is 14.4 Å². The number of ether oxygens (including phenoxy) is 2. The number of alkyl halides is 1. The number of carbonyl (C=O) groups excluding carboxylic acids is 3. The van der Waals surface area contributed by atoms with Gasteiger partial charge in [-0.2, -0.15) is 0 Å². The maximum atomic E-state index is 12.3. The Labute approximate surface area is 135 Å². The van der Waals surface area contributed by atoms with Crippen molar-refractivity contribution in [2.75, 3.05) is 5.32 Å². The van der Waals surface area contributed by atoms with Gasteiger partial charge >= 0.3 is 11.9 Å². The lowest BCUT2D eigenvalue weighted by atomic mass is 9.89. The summed E-state index contributed by atoms with van der Waals surface area (Å²) in [6.45, 7) is 2.97. The summed E-state index contributed by atoms with van der Waals surface area (Å²) in [7, 11) is 0. The van der Waals surface area contributed by atoms with Gasteiger partial charge in [0.25, 0.3) is 5.79 Å². The fraction of sp³-hybridized carbons (Fsp3) is 0.400. The Balaban J connectivity index is 1.91. The number of amides is 1. The summed E-state index contributed by atoms with van der Waals surface area (Å²) in [6.07, 6.45) is -0.0659. The molecule has 0 bridgehead atoms. The van der Waals surface area contributed by atoms with E-state index in [1.54, 1.807) is 24.3 Å². The number of fused-ring (bicyclic) bond motifs is 1. The second kappa shape index (κ2) is 4.81. The van der Waals surface area contributed by atoms with Crippen molar-refractivity contribution < 1.29 is 23.9 Å². The molecule has 0 aliphatic carbocycles. The number of para-hydroxylation sites is 1. The first-order valence-electron chi connectivity index (χ1n) is 6.78. The van der Waals surface area contributed by atoms with Crippen LogP contribution in [0.2, 0.25) is 0 Å². The first kappa shape index (κ1) is 15.0. The van der Waals surface area contributed by atoms with Crippen LogP contribution < -0.4 is 5.32 Å². The first-order valence-corrected chi connectivity index (χ1v) is 7.58. The molecule has 0 radical (unpaired) electrons. The Morgan fingerprint density at radius 2 is 1.73 bits per heavy atom. The smallest absolute Gasteiger partial charge is 0.323 e. The van der Waals surface area contributed by atoms with Gasteiger partial charge in [0.05, 0.1) is 0 Å². The van der Waals surface area contributed by atoms with Crippen molar-refractivity contribution in [3.05, 3.63) is 29.8 Å². The van der Waals surface area contributed by atoms with E-state index < -0.39 is 28.0 Å². The third kappa shape index (κ3) is 2.29. The highest BCUT2D eigenvalue weighted by Gasteiger charge is 2.52. The van der Waals surface area contributed by atoms with Crippen molar-refractivity contribution in [1.82, 2.24) is 0 Å². The molecule has 22 heavy (non-hydrogen) atoms. The zero-order valence-corrected chi connectivity index (χ0v) is 13.6. The molecule has 1 aromatic carbocycles. The van der Waals surface area contributed by atoms with Crippen molar-refractivity contribution in [3.63, 3.8) is 0 Å². The lowest BCUT2D eigenvalue weighted by Gasteiger charge is -2.34. The average molecular weight is 368 g/mol. The van der Waals surface area contributed by atoms with E-state index in [1.807, 2.05) is 0 Å². The van der Waals surface area contributed by atoms with E-state index in [0.717, 1.165) is 0 Å². The van der Waals surface area contributed by atoms with Crippen molar-refractivity contribution in [2.45, 2.75) is 30.4 Å². The van der Waals surface area contributed by atoms with Crippen LogP contribution in [0.3, 0.4) is 0 Å². The number of anilines is 1. The van der Waals surface area contributed by atoms with Gasteiger partial charge in [-0.1, -0.05) is 34.1 Å². The molecule has 1 fully saturated rings. The minimum Gasteiger partial charge on any atom is -0.422 e. The summed E-state index contributed by atoms with van der Waals surface area (Å²) in [5, 5.41) is 2.73. The van der Waals surface area contributed by atoms with Gasteiger partial charge in [-0.25, -0.2) is 0 Å². The van der Waals surface area contributed by atoms with Crippen molar-refractivity contribution >= 4 is 39.5 Å². The van der Waals surface area contributed by atoms with E-state index in [-0.39, 0.29) is 12.3 Å². The fourth-order valence-corrected chi connectivity index (χ4v) is 3.44. The molecular formula is C15H14BrNO5. The summed E-state index contributed by atoms with van der Waals surface area (Å²) >= 11 is 3.40. The molecular weight excluding hydrogens is 354 g/mol. The third-order valence-electron chi connectivity index (χ3n) is 3.71. The van der Waals surface area contributed by atoms with Crippen LogP contribution in [0.25, 0.3) is 0 Å². The number of rotatable bonds is 2. The highest BCUT2D eigenvalue weighted by molar-refractivity contribution is 9.10. The Hall–Kier alpha value is -1.89. The normalized spacial score (nSPS) is 27.0. The van der Waals surface area contributed by atoms with Gasteiger partial charge in [0.15, 0.2) is 5.92 Å². The van der Waals surface area contributed by atoms with Gasteiger partial charge in [-0.05, 0) is 12.5 Å². The Bertz CT molecular complexity index is 666. The zero-order chi connectivity index (χ0) is 16.1. The van der Waals surface area contributed by atoms with Crippen LogP contribution in [0, 0.1) is 5.92 Å². The molecule has 0 saturated carbocycles. The summed E-state index contributed by atoms with van der Waals surface area (Å²) in [6, 6.07) is 7.11. The van der Waals surface area contributed by atoms with Crippen LogP contribution in [-0.4, -0.2) is 23.6 Å². The molecule has 1 amide bonds. The first-order chi connectivity index (χ1) is 10.2. The molecule has 0 aromatic heterocycles. The second-order valence-electron chi connectivity index (χ2n) is 5.80. The molecule has 1 N–H and O–H groups in total. The van der Waals surface area contributed by atoms with E-state index >= 15 is 0 Å². The standard InChI is InChI=1S/C15H14BrNO5/c1-14(2)21-11(18)8(12(19)22-14)7-15(16)9-5-3-4-6-10(9)17-13(15)20/h3-6,8H,7H2,1-2H3,(H,17,20). The third-order valence-corrected chi connectivity index (χ3v) is 4.82. The highest BCUT2D eigenvalue weighted by Crippen LogP contribution is 2.47. The maximum absolute atomic E-state index is 12.3. The van der Waals surface area contributed by atoms with Gasteiger partial charge < -0.3 is 14.8 Å². The quantitative estimate of drug-likeness (QED) is 0.491. The van der Waals surface area contributed by atoms with Crippen LogP contribution >= 0.6 is 15.9 Å². The molecule has 2 aliphatic rings. The topological polar surface area (TPSA) is 81.7 Å². The van der Waals surface area contributed by atoms with E-state index in [4.69, 9.17) is 9.47 Å². The number of hydrogen-bond donors (Lipinski definition) is 1. The van der Waals surface area contributed by atoms with Crippen LogP contribution in [0.4, 0.5) is 5.69 Å². The van der Waals surface area contributed by atoms with Crippen LogP contribution in [0.15, 0.2) is 24.3 Å². The summed E-state index contributed by atoms with van der Waals surface area (Å²) in [5.41, 5.74) is 1.34. The maximum Gasteiger partial charge on any atom is 0.323 e. The van der Waals surface area contributed by atoms with Crippen molar-refractivity contribution in [2.24, 2.45) is 5.92 Å². The molecule has 1 atom stereocenters. The number of cyclic esters (lactones) is 2. The minimum absolute atomic E-state index is 0.0659. The molecule has 3 rings (SSSR count). The lowest BCUT2D eigenvalue weighted by Crippen LogP contribution is -2.48. The van der Waals surface area contributed by atoms with E-state index in [9.17, 15) is 14.4 Å². The SMILES string of the molecule is CC1(C)OC(=O)C(CC2(Br)C(=O)Nc3ccccc32)C(=O)O1. The molecule has 0 spiro atoms. The van der Waals surface area contributed by atoms with E-state index in [1.165, 1.54) is 13.8 Å². The monoisotopic (exact) mass is 367 g/mol. The predicted octanol–water partition coefficient (Wildman–Crippen LogP) is 2.07. The molecule has 2 heterocycles. The predicted molar refractivity (Wildman–Crippen MR) is 80.0 cm³/mol. The molecule has 6 nitrogen and oxygen atoms in total. The number of benzene rings is 1. The minimum atomic E-state index is -1.28. The van der Waals surface area contributed by atoms with Gasteiger partial charge in [0, 0.05) is 25.1 Å². The molecule has 1 aromatic rings.